The fourth-order valence-corrected chi connectivity index (χ4v) is 4.39. The van der Waals surface area contributed by atoms with Crippen LogP contribution in [0, 0.1) is 0 Å². The van der Waals surface area contributed by atoms with E-state index in [1.165, 1.54) is 32.2 Å². The summed E-state index contributed by atoms with van der Waals surface area (Å²) in [4.78, 5) is 24.8. The van der Waals surface area contributed by atoms with Crippen molar-refractivity contribution < 1.29 is 27.5 Å². The van der Waals surface area contributed by atoms with E-state index >= 15 is 0 Å². The van der Waals surface area contributed by atoms with Crippen LogP contribution >= 0.6 is 15.9 Å². The Labute approximate surface area is 177 Å². The molecule has 2 aromatic rings. The van der Waals surface area contributed by atoms with Gasteiger partial charge in [0.2, 0.25) is 15.8 Å². The Morgan fingerprint density at radius 3 is 2.31 bits per heavy atom. The molecular formula is C20H20BrNO6S. The van der Waals surface area contributed by atoms with E-state index in [0.29, 0.717) is 5.56 Å². The molecule has 1 aliphatic rings. The van der Waals surface area contributed by atoms with Crippen molar-refractivity contribution in [3.8, 4) is 5.75 Å². The van der Waals surface area contributed by atoms with Crippen LogP contribution in [0.5, 0.6) is 5.75 Å². The van der Waals surface area contributed by atoms with Gasteiger partial charge < -0.3 is 9.47 Å². The number of hydrogen-bond donors (Lipinski definition) is 1. The van der Waals surface area contributed by atoms with Crippen molar-refractivity contribution in [2.75, 3.05) is 7.11 Å². The number of esters is 1. The number of methoxy groups -OCH3 is 1. The quantitative estimate of drug-likeness (QED) is 0.458. The minimum atomic E-state index is -3.84. The molecule has 0 aliphatic heterocycles. The van der Waals surface area contributed by atoms with Crippen LogP contribution in [-0.4, -0.2) is 39.4 Å². The van der Waals surface area contributed by atoms with Crippen molar-refractivity contribution in [1.29, 1.82) is 0 Å². The van der Waals surface area contributed by atoms with Crippen molar-refractivity contribution in [1.82, 2.24) is 4.72 Å². The number of halogens is 1. The molecule has 0 bridgehead atoms. The molecule has 9 heteroatoms. The fourth-order valence-electron chi connectivity index (χ4n) is 2.63. The van der Waals surface area contributed by atoms with Crippen molar-refractivity contribution in [2.45, 2.75) is 36.8 Å². The number of ether oxygens (including phenoxy) is 2. The number of hydrogen-bond acceptors (Lipinski definition) is 6. The van der Waals surface area contributed by atoms with Gasteiger partial charge in [-0.2, -0.15) is 0 Å². The Morgan fingerprint density at radius 2 is 1.72 bits per heavy atom. The molecule has 2 aromatic carbocycles. The van der Waals surface area contributed by atoms with Crippen molar-refractivity contribution in [2.24, 2.45) is 0 Å². The number of carbonyl (C=O) groups is 2. The molecule has 1 unspecified atom stereocenters. The van der Waals surface area contributed by atoms with Crippen LogP contribution in [0.15, 0.2) is 51.8 Å². The van der Waals surface area contributed by atoms with E-state index in [4.69, 9.17) is 9.47 Å². The minimum absolute atomic E-state index is 0.0115. The van der Waals surface area contributed by atoms with E-state index in [1.54, 1.807) is 24.3 Å². The second-order valence-electron chi connectivity index (χ2n) is 6.68. The molecule has 1 atom stereocenters. The maximum atomic E-state index is 12.6. The molecule has 7 nitrogen and oxygen atoms in total. The molecule has 0 radical (unpaired) electrons. The summed E-state index contributed by atoms with van der Waals surface area (Å²) in [6.45, 7) is 1.47. The van der Waals surface area contributed by atoms with Gasteiger partial charge in [0.15, 0.2) is 6.10 Å². The van der Waals surface area contributed by atoms with Gasteiger partial charge in [-0.3, -0.25) is 4.79 Å². The lowest BCUT2D eigenvalue weighted by Gasteiger charge is -2.14. The third-order valence-corrected chi connectivity index (χ3v) is 6.44. The van der Waals surface area contributed by atoms with Crippen LogP contribution in [0.2, 0.25) is 0 Å². The van der Waals surface area contributed by atoms with Crippen LogP contribution in [0.3, 0.4) is 0 Å². The van der Waals surface area contributed by atoms with Gasteiger partial charge in [-0.05, 0) is 50.1 Å². The van der Waals surface area contributed by atoms with E-state index in [2.05, 4.69) is 20.7 Å². The summed E-state index contributed by atoms with van der Waals surface area (Å²) in [6, 6.07) is 10.6. The van der Waals surface area contributed by atoms with E-state index in [-0.39, 0.29) is 28.0 Å². The van der Waals surface area contributed by atoms with Crippen LogP contribution in [0.1, 0.15) is 40.5 Å². The number of rotatable bonds is 8. The molecule has 0 amide bonds. The number of Topliss-reactive ketones (excluding diaryl/α,β-unsaturated/α-hetero) is 1. The van der Waals surface area contributed by atoms with E-state index in [9.17, 15) is 18.0 Å². The van der Waals surface area contributed by atoms with Crippen LogP contribution < -0.4 is 9.46 Å². The Morgan fingerprint density at radius 1 is 1.10 bits per heavy atom. The lowest BCUT2D eigenvalue weighted by molar-refractivity contribution is 0.0318. The maximum Gasteiger partial charge on any atom is 0.338 e. The lowest BCUT2D eigenvalue weighted by atomic mass is 10.1. The molecule has 0 heterocycles. The third-order valence-electron chi connectivity index (χ3n) is 4.37. The monoisotopic (exact) mass is 481 g/mol. The molecular weight excluding hydrogens is 462 g/mol. The van der Waals surface area contributed by atoms with Crippen LogP contribution in [-0.2, 0) is 14.8 Å². The Kier molecular flexibility index (Phi) is 6.40. The fraction of sp³-hybridized carbons (Fsp3) is 0.300. The molecule has 29 heavy (non-hydrogen) atoms. The van der Waals surface area contributed by atoms with Gasteiger partial charge in [-0.15, -0.1) is 0 Å². The molecule has 154 valence electrons. The second-order valence-corrected chi connectivity index (χ2v) is 9.28. The Bertz CT molecular complexity index is 1030. The standard InChI is InChI=1S/C20H20BrNO6S/c1-12(19(23)13-3-6-15(21)7-4-13)28-20(24)14-5-10-17(27-2)18(11-14)29(25,26)22-16-8-9-16/h3-7,10-12,16,22H,8-9H2,1-2H3. The normalized spacial score (nSPS) is 14.9. The van der Waals surface area contributed by atoms with Crippen LogP contribution in [0.25, 0.3) is 0 Å². The van der Waals surface area contributed by atoms with Gasteiger partial charge in [-0.1, -0.05) is 28.1 Å². The summed E-state index contributed by atoms with van der Waals surface area (Å²) in [7, 11) is -2.49. The van der Waals surface area contributed by atoms with Crippen molar-refractivity contribution in [3.05, 3.63) is 58.1 Å². The van der Waals surface area contributed by atoms with Gasteiger partial charge in [0, 0.05) is 16.1 Å². The summed E-state index contributed by atoms with van der Waals surface area (Å²) >= 11 is 3.29. The van der Waals surface area contributed by atoms with Gasteiger partial charge in [-0.25, -0.2) is 17.9 Å². The number of benzene rings is 2. The molecule has 1 N–H and O–H groups in total. The van der Waals surface area contributed by atoms with E-state index in [1.807, 2.05) is 0 Å². The highest BCUT2D eigenvalue weighted by atomic mass is 79.9. The van der Waals surface area contributed by atoms with Crippen molar-refractivity contribution in [3.63, 3.8) is 0 Å². The Hall–Kier alpha value is -2.23. The molecule has 0 saturated heterocycles. The first-order valence-corrected chi connectivity index (χ1v) is 11.2. The summed E-state index contributed by atoms with van der Waals surface area (Å²) in [5, 5.41) is 0. The van der Waals surface area contributed by atoms with Crippen molar-refractivity contribution >= 4 is 37.7 Å². The first-order chi connectivity index (χ1) is 13.7. The highest BCUT2D eigenvalue weighted by Crippen LogP contribution is 2.28. The number of carbonyl (C=O) groups excluding carboxylic acids is 2. The molecule has 1 saturated carbocycles. The zero-order valence-corrected chi connectivity index (χ0v) is 18.2. The van der Waals surface area contributed by atoms with Gasteiger partial charge in [0.1, 0.15) is 10.6 Å². The third kappa shape index (κ3) is 5.23. The molecule has 0 aromatic heterocycles. The summed E-state index contributed by atoms with van der Waals surface area (Å²) in [5.41, 5.74) is 0.414. The average molecular weight is 482 g/mol. The van der Waals surface area contributed by atoms with Gasteiger partial charge >= 0.3 is 5.97 Å². The summed E-state index contributed by atoms with van der Waals surface area (Å²) in [5.74, 6) is -1.04. The van der Waals surface area contributed by atoms with Gasteiger partial charge in [0.05, 0.1) is 12.7 Å². The first-order valence-electron chi connectivity index (χ1n) is 8.92. The average Bonchev–Trinajstić information content (AvgIpc) is 3.50. The number of nitrogens with one attached hydrogen (secondary N) is 1. The maximum absolute atomic E-state index is 12.6. The first kappa shape index (κ1) is 21.5. The molecule has 0 spiro atoms. The summed E-state index contributed by atoms with van der Waals surface area (Å²) in [6.07, 6.45) is 0.521. The largest absolute Gasteiger partial charge is 0.495 e. The molecule has 1 aliphatic carbocycles. The predicted octanol–water partition coefficient (Wildman–Crippen LogP) is 3.33. The number of ketones is 1. The predicted molar refractivity (Wildman–Crippen MR) is 110 cm³/mol. The highest BCUT2D eigenvalue weighted by molar-refractivity contribution is 9.10. The molecule has 1 fully saturated rings. The number of sulfonamides is 1. The zero-order chi connectivity index (χ0) is 21.2. The van der Waals surface area contributed by atoms with Gasteiger partial charge in [0.25, 0.3) is 0 Å². The Balaban J connectivity index is 1.78. The SMILES string of the molecule is COc1ccc(C(=O)OC(C)C(=O)c2ccc(Br)cc2)cc1S(=O)(=O)NC1CC1. The summed E-state index contributed by atoms with van der Waals surface area (Å²) < 4.78 is 38.9. The topological polar surface area (TPSA) is 98.8 Å². The smallest absolute Gasteiger partial charge is 0.338 e. The van der Waals surface area contributed by atoms with Crippen LogP contribution in [0.4, 0.5) is 0 Å². The van der Waals surface area contributed by atoms with E-state index < -0.39 is 22.1 Å². The minimum Gasteiger partial charge on any atom is -0.495 e. The zero-order valence-electron chi connectivity index (χ0n) is 15.8. The van der Waals surface area contributed by atoms with E-state index in [0.717, 1.165) is 17.3 Å². The second kappa shape index (κ2) is 8.64. The lowest BCUT2D eigenvalue weighted by Crippen LogP contribution is -2.27. The molecule has 3 rings (SSSR count). The highest BCUT2D eigenvalue weighted by Gasteiger charge is 2.31.